The Hall–Kier alpha value is -3.27. The van der Waals surface area contributed by atoms with Crippen molar-refractivity contribution in [3.63, 3.8) is 0 Å². The van der Waals surface area contributed by atoms with Crippen LogP contribution in [0.25, 0.3) is 0 Å². The number of carbonyl (C=O) groups excluding carboxylic acids is 1. The summed E-state index contributed by atoms with van der Waals surface area (Å²) in [5, 5.41) is 23.8. The third-order valence-corrected chi connectivity index (χ3v) is 6.79. The highest BCUT2D eigenvalue weighted by Crippen LogP contribution is 2.22. The quantitative estimate of drug-likeness (QED) is 0.147. The summed E-state index contributed by atoms with van der Waals surface area (Å²) in [4.78, 5) is 25.2. The molecule has 3 N–H and O–H groups in total. The van der Waals surface area contributed by atoms with Gasteiger partial charge in [-0.25, -0.2) is 0 Å². The number of nitrogens with zero attached hydrogens (tertiary/aromatic N) is 4. The highest BCUT2D eigenvalue weighted by atomic mass is 16.5. The van der Waals surface area contributed by atoms with Crippen molar-refractivity contribution in [2.75, 3.05) is 32.8 Å². The van der Waals surface area contributed by atoms with Crippen LogP contribution in [0.1, 0.15) is 43.9 Å². The van der Waals surface area contributed by atoms with Gasteiger partial charge in [0.1, 0.15) is 17.2 Å². The van der Waals surface area contributed by atoms with Gasteiger partial charge in [-0.15, -0.1) is 0 Å². The molecule has 9 nitrogen and oxygen atoms in total. The molecule has 0 saturated carbocycles. The number of fused-ring (bicyclic) bond motifs is 1. The lowest BCUT2D eigenvalue weighted by Crippen LogP contribution is -2.52. The molecular formula is C28H39N5O4. The molecule has 1 aromatic carbocycles. The maximum atomic E-state index is 13.1. The van der Waals surface area contributed by atoms with Crippen molar-refractivity contribution >= 4 is 19.0 Å². The molecule has 0 bridgehead atoms. The molecule has 1 amide bonds. The highest BCUT2D eigenvalue weighted by Gasteiger charge is 2.29. The first kappa shape index (κ1) is 28.3. The van der Waals surface area contributed by atoms with E-state index in [0.29, 0.717) is 50.6 Å². The molecule has 2 aliphatic heterocycles. The van der Waals surface area contributed by atoms with Gasteiger partial charge >= 0.3 is 0 Å². The Morgan fingerprint density at radius 2 is 1.97 bits per heavy atom. The number of amides is 1. The van der Waals surface area contributed by atoms with Gasteiger partial charge in [0.2, 0.25) is 0 Å². The molecule has 1 atom stereocenters. The van der Waals surface area contributed by atoms with Gasteiger partial charge in [-0.1, -0.05) is 31.7 Å². The molecule has 0 aliphatic carbocycles. The Labute approximate surface area is 219 Å². The van der Waals surface area contributed by atoms with E-state index in [1.54, 1.807) is 11.8 Å². The Morgan fingerprint density at radius 3 is 2.62 bits per heavy atom. The number of piperazine rings is 1. The van der Waals surface area contributed by atoms with E-state index in [1.165, 1.54) is 17.5 Å². The summed E-state index contributed by atoms with van der Waals surface area (Å²) in [6, 6.07) is 6.30. The van der Waals surface area contributed by atoms with Gasteiger partial charge < -0.3 is 25.2 Å². The summed E-state index contributed by atoms with van der Waals surface area (Å²) in [6.07, 6.45) is 2.02. The lowest BCUT2D eigenvalue weighted by Gasteiger charge is -2.39. The molecule has 0 aromatic heterocycles. The summed E-state index contributed by atoms with van der Waals surface area (Å²) >= 11 is 0. The first-order chi connectivity index (χ1) is 17.8. The summed E-state index contributed by atoms with van der Waals surface area (Å²) < 4.78 is 5.49. The fraction of sp³-hybridized carbons (Fsp3) is 0.464. The van der Waals surface area contributed by atoms with Gasteiger partial charge in [0, 0.05) is 26.2 Å². The summed E-state index contributed by atoms with van der Waals surface area (Å²) in [5.41, 5.74) is 5.72. The number of allylic oxidation sites excluding steroid dienone is 2. The van der Waals surface area contributed by atoms with Crippen LogP contribution < -0.4 is 5.32 Å². The number of aliphatic imine (C=N–C) groups is 2. The Morgan fingerprint density at radius 1 is 1.24 bits per heavy atom. The Balaban J connectivity index is 1.60. The molecular weight excluding hydrogens is 470 g/mol. The summed E-state index contributed by atoms with van der Waals surface area (Å²) in [5.74, 6) is -0.358. The van der Waals surface area contributed by atoms with Crippen LogP contribution in [-0.2, 0) is 29.1 Å². The van der Waals surface area contributed by atoms with E-state index >= 15 is 0 Å². The van der Waals surface area contributed by atoms with E-state index in [0.717, 1.165) is 30.6 Å². The number of hydrogen-bond acceptors (Lipinski definition) is 8. The third kappa shape index (κ3) is 7.15. The SMILES string of the molecule is C=N/C(=C(/O)C(=C)C)C(O)N1CCN(/C(C(=O)NC=NCc2ccc3c(c2)CCOC3)=C(/C)CC)CC1. The van der Waals surface area contributed by atoms with E-state index in [1.807, 2.05) is 24.8 Å². The van der Waals surface area contributed by atoms with E-state index in [-0.39, 0.29) is 17.4 Å². The van der Waals surface area contributed by atoms with Crippen molar-refractivity contribution < 1.29 is 19.7 Å². The van der Waals surface area contributed by atoms with Crippen molar-refractivity contribution in [2.45, 2.75) is 53.0 Å². The van der Waals surface area contributed by atoms with E-state index in [9.17, 15) is 15.0 Å². The lowest BCUT2D eigenvalue weighted by atomic mass is 10.0. The van der Waals surface area contributed by atoms with Crippen LogP contribution in [0.2, 0.25) is 0 Å². The van der Waals surface area contributed by atoms with Gasteiger partial charge in [0.25, 0.3) is 5.91 Å². The Kier molecular flexibility index (Phi) is 10.2. The zero-order chi connectivity index (χ0) is 26.9. The standard InChI is InChI=1S/C28H39N5O4/c1-6-20(4)25(32-10-12-33(13-11-32)28(36)24(29-5)26(34)19(2)3)27(35)31-18-30-16-21-7-8-23-17-37-14-9-22(23)15-21/h7-8,15,18,28,34,36H,2,5-6,9-14,16-17H2,1,3-4H3,(H,30,31,35)/b25-20-,26-24+. The van der Waals surface area contributed by atoms with Crippen LogP contribution in [0.5, 0.6) is 0 Å². The van der Waals surface area contributed by atoms with Gasteiger partial charge in [-0.05, 0) is 61.2 Å². The van der Waals surface area contributed by atoms with E-state index < -0.39 is 6.23 Å². The maximum absolute atomic E-state index is 13.1. The molecule has 1 aromatic rings. The van der Waals surface area contributed by atoms with Crippen LogP contribution in [-0.4, -0.2) is 78.0 Å². The number of carbonyl (C=O) groups is 1. The summed E-state index contributed by atoms with van der Waals surface area (Å²) in [6.45, 7) is 16.7. The first-order valence-electron chi connectivity index (χ1n) is 12.7. The smallest absolute Gasteiger partial charge is 0.272 e. The first-order valence-corrected chi connectivity index (χ1v) is 12.7. The maximum Gasteiger partial charge on any atom is 0.272 e. The molecule has 1 fully saturated rings. The van der Waals surface area contributed by atoms with Gasteiger partial charge in [-0.2, -0.15) is 0 Å². The number of nitrogens with one attached hydrogen (secondary N) is 1. The van der Waals surface area contributed by atoms with Crippen molar-refractivity contribution in [1.82, 2.24) is 15.1 Å². The molecule has 2 aliphatic rings. The second kappa shape index (κ2) is 13.3. The number of aliphatic hydroxyl groups excluding tert-OH is 2. The van der Waals surface area contributed by atoms with Gasteiger partial charge in [0.05, 0.1) is 26.1 Å². The summed E-state index contributed by atoms with van der Waals surface area (Å²) in [7, 11) is 0. The number of benzene rings is 1. The zero-order valence-corrected chi connectivity index (χ0v) is 22.2. The van der Waals surface area contributed by atoms with Crippen LogP contribution in [0.3, 0.4) is 0 Å². The van der Waals surface area contributed by atoms with Crippen LogP contribution in [0, 0.1) is 0 Å². The van der Waals surface area contributed by atoms with Crippen molar-refractivity contribution in [3.05, 3.63) is 69.8 Å². The zero-order valence-electron chi connectivity index (χ0n) is 22.2. The molecule has 37 heavy (non-hydrogen) atoms. The van der Waals surface area contributed by atoms with E-state index in [2.05, 4.69) is 40.7 Å². The van der Waals surface area contributed by atoms with Gasteiger partial charge in [-0.3, -0.25) is 19.7 Å². The van der Waals surface area contributed by atoms with Crippen molar-refractivity contribution in [1.29, 1.82) is 0 Å². The minimum Gasteiger partial charge on any atom is -0.506 e. The Bertz CT molecular complexity index is 1100. The van der Waals surface area contributed by atoms with Crippen molar-refractivity contribution in [2.24, 2.45) is 9.98 Å². The number of aliphatic hydroxyl groups is 2. The normalized spacial score (nSPS) is 18.5. The average Bonchev–Trinajstić information content (AvgIpc) is 2.91. The molecule has 1 saturated heterocycles. The number of rotatable bonds is 10. The monoisotopic (exact) mass is 509 g/mol. The third-order valence-electron chi connectivity index (χ3n) is 6.79. The minimum absolute atomic E-state index is 0.0858. The van der Waals surface area contributed by atoms with Crippen molar-refractivity contribution in [3.8, 4) is 0 Å². The van der Waals surface area contributed by atoms with Crippen LogP contribution in [0.15, 0.2) is 63.1 Å². The molecule has 2 heterocycles. The fourth-order valence-electron chi connectivity index (χ4n) is 4.47. The largest absolute Gasteiger partial charge is 0.506 e. The second-order valence-electron chi connectivity index (χ2n) is 9.40. The molecule has 1 unspecified atom stereocenters. The molecule has 0 spiro atoms. The molecule has 200 valence electrons. The highest BCUT2D eigenvalue weighted by molar-refractivity contribution is 6.00. The minimum atomic E-state index is -1.10. The number of hydrogen-bond donors (Lipinski definition) is 3. The molecule has 3 rings (SSSR count). The predicted octanol–water partition coefficient (Wildman–Crippen LogP) is 3.07. The number of ether oxygens (including phenoxy) is 1. The lowest BCUT2D eigenvalue weighted by molar-refractivity contribution is -0.118. The van der Waals surface area contributed by atoms with Crippen LogP contribution in [0.4, 0.5) is 0 Å². The molecule has 0 radical (unpaired) electrons. The fourth-order valence-corrected chi connectivity index (χ4v) is 4.47. The van der Waals surface area contributed by atoms with E-state index in [4.69, 9.17) is 4.74 Å². The van der Waals surface area contributed by atoms with Crippen LogP contribution >= 0.6 is 0 Å². The average molecular weight is 510 g/mol. The second-order valence-corrected chi connectivity index (χ2v) is 9.40. The van der Waals surface area contributed by atoms with Gasteiger partial charge in [0.15, 0.2) is 6.23 Å². The predicted molar refractivity (Wildman–Crippen MR) is 146 cm³/mol. The topological polar surface area (TPSA) is 110 Å². The molecule has 9 heteroatoms.